The van der Waals surface area contributed by atoms with E-state index < -0.39 is 0 Å². The fourth-order valence-corrected chi connectivity index (χ4v) is 1.85. The van der Waals surface area contributed by atoms with Gasteiger partial charge in [-0.05, 0) is 25.8 Å². The Morgan fingerprint density at radius 2 is 2.00 bits per heavy atom. The van der Waals surface area contributed by atoms with Crippen LogP contribution in [0.2, 0.25) is 0 Å². The molecule has 1 aromatic rings. The number of nitrogens with one attached hydrogen (secondary N) is 1. The Morgan fingerprint density at radius 3 is 2.73 bits per heavy atom. The van der Waals surface area contributed by atoms with Crippen LogP contribution in [-0.4, -0.2) is 18.7 Å². The van der Waals surface area contributed by atoms with E-state index in [9.17, 15) is 0 Å². The zero-order valence-corrected chi connectivity index (χ0v) is 9.49. The fraction of sp³-hybridized carbons (Fsp3) is 0.538. The van der Waals surface area contributed by atoms with Crippen LogP contribution in [0, 0.1) is 0 Å². The fourth-order valence-electron chi connectivity index (χ4n) is 1.85. The molecule has 0 bridgehead atoms. The van der Waals surface area contributed by atoms with Crippen molar-refractivity contribution in [2.45, 2.75) is 31.9 Å². The lowest BCUT2D eigenvalue weighted by molar-refractivity contribution is 0.0656. The molecule has 2 heteroatoms. The molecule has 0 spiro atoms. The van der Waals surface area contributed by atoms with Crippen LogP contribution in [0.15, 0.2) is 30.3 Å². The van der Waals surface area contributed by atoms with Gasteiger partial charge in [0.2, 0.25) is 0 Å². The van der Waals surface area contributed by atoms with Crippen molar-refractivity contribution in [3.8, 4) is 0 Å². The molecule has 0 aliphatic carbocycles. The Bertz CT molecular complexity index is 308. The molecule has 1 N–H and O–H groups in total. The quantitative estimate of drug-likeness (QED) is 0.760. The number of hydrogen-bond donors (Lipinski definition) is 1. The molecule has 0 aromatic heterocycles. The van der Waals surface area contributed by atoms with Gasteiger partial charge in [0.25, 0.3) is 0 Å². The molecule has 1 fully saturated rings. The molecule has 2 nitrogen and oxygen atoms in total. The van der Waals surface area contributed by atoms with Crippen LogP contribution in [-0.2, 0) is 4.74 Å². The highest BCUT2D eigenvalue weighted by Crippen LogP contribution is 2.22. The lowest BCUT2D eigenvalue weighted by atomic mass is 10.0. The van der Waals surface area contributed by atoms with E-state index in [1.165, 1.54) is 5.56 Å². The van der Waals surface area contributed by atoms with Gasteiger partial charge < -0.3 is 10.1 Å². The van der Waals surface area contributed by atoms with Crippen LogP contribution in [0.4, 0.5) is 0 Å². The SMILES string of the molecule is CC1(C)CCOC(c2ccccc2)CN1. The Kier molecular flexibility index (Phi) is 3.08. The first-order chi connectivity index (χ1) is 7.17. The molecule has 1 unspecified atom stereocenters. The third-order valence-electron chi connectivity index (χ3n) is 2.98. The standard InChI is InChI=1S/C13H19NO/c1-13(2)8-9-15-12(10-14-13)11-6-4-3-5-7-11/h3-7,12,14H,8-10H2,1-2H3. The summed E-state index contributed by atoms with van der Waals surface area (Å²) in [5.41, 5.74) is 1.46. The molecule has 1 aromatic carbocycles. The van der Waals surface area contributed by atoms with Crippen molar-refractivity contribution < 1.29 is 4.74 Å². The third-order valence-corrected chi connectivity index (χ3v) is 2.98. The minimum Gasteiger partial charge on any atom is -0.372 e. The van der Waals surface area contributed by atoms with Crippen molar-refractivity contribution >= 4 is 0 Å². The largest absolute Gasteiger partial charge is 0.372 e. The molecule has 1 aliphatic heterocycles. The van der Waals surface area contributed by atoms with Gasteiger partial charge in [-0.3, -0.25) is 0 Å². The Balaban J connectivity index is 2.06. The van der Waals surface area contributed by atoms with Crippen molar-refractivity contribution in [2.75, 3.05) is 13.2 Å². The average Bonchev–Trinajstić information content (AvgIpc) is 2.41. The summed E-state index contributed by atoms with van der Waals surface area (Å²) in [4.78, 5) is 0. The van der Waals surface area contributed by atoms with Gasteiger partial charge in [-0.25, -0.2) is 0 Å². The van der Waals surface area contributed by atoms with E-state index in [1.807, 2.05) is 6.07 Å². The molecule has 2 rings (SSSR count). The van der Waals surface area contributed by atoms with E-state index >= 15 is 0 Å². The van der Waals surface area contributed by atoms with Crippen LogP contribution in [0.5, 0.6) is 0 Å². The number of hydrogen-bond acceptors (Lipinski definition) is 2. The van der Waals surface area contributed by atoms with Crippen LogP contribution < -0.4 is 5.32 Å². The maximum absolute atomic E-state index is 5.86. The van der Waals surface area contributed by atoms with E-state index in [0.717, 1.165) is 19.6 Å². The highest BCUT2D eigenvalue weighted by molar-refractivity contribution is 5.18. The van der Waals surface area contributed by atoms with Crippen molar-refractivity contribution in [2.24, 2.45) is 0 Å². The Morgan fingerprint density at radius 1 is 1.27 bits per heavy atom. The van der Waals surface area contributed by atoms with Gasteiger partial charge in [0.05, 0.1) is 6.10 Å². The molecule has 15 heavy (non-hydrogen) atoms. The second-order valence-corrected chi connectivity index (χ2v) is 4.78. The highest BCUT2D eigenvalue weighted by Gasteiger charge is 2.24. The smallest absolute Gasteiger partial charge is 0.0949 e. The molecule has 1 saturated heterocycles. The van der Waals surface area contributed by atoms with Crippen LogP contribution in [0.3, 0.4) is 0 Å². The van der Waals surface area contributed by atoms with Crippen LogP contribution in [0.1, 0.15) is 31.9 Å². The van der Waals surface area contributed by atoms with E-state index in [2.05, 4.69) is 43.4 Å². The molecule has 1 atom stereocenters. The topological polar surface area (TPSA) is 21.3 Å². The summed E-state index contributed by atoms with van der Waals surface area (Å²) < 4.78 is 5.86. The maximum Gasteiger partial charge on any atom is 0.0949 e. The lowest BCUT2D eigenvalue weighted by Crippen LogP contribution is -2.39. The van der Waals surface area contributed by atoms with Crippen molar-refractivity contribution in [1.29, 1.82) is 0 Å². The van der Waals surface area contributed by atoms with Gasteiger partial charge in [-0.2, -0.15) is 0 Å². The van der Waals surface area contributed by atoms with E-state index in [-0.39, 0.29) is 11.6 Å². The van der Waals surface area contributed by atoms with Crippen molar-refractivity contribution in [3.05, 3.63) is 35.9 Å². The normalized spacial score (nSPS) is 25.9. The van der Waals surface area contributed by atoms with E-state index in [4.69, 9.17) is 4.74 Å². The van der Waals surface area contributed by atoms with Crippen molar-refractivity contribution in [1.82, 2.24) is 5.32 Å². The van der Waals surface area contributed by atoms with Crippen LogP contribution in [0.25, 0.3) is 0 Å². The summed E-state index contributed by atoms with van der Waals surface area (Å²) in [6.45, 7) is 6.18. The minimum absolute atomic E-state index is 0.198. The molecule has 1 heterocycles. The monoisotopic (exact) mass is 205 g/mol. The maximum atomic E-state index is 5.86. The lowest BCUT2D eigenvalue weighted by Gasteiger charge is -2.23. The molecule has 0 saturated carbocycles. The number of rotatable bonds is 1. The zero-order chi connectivity index (χ0) is 10.7. The molecule has 82 valence electrons. The zero-order valence-electron chi connectivity index (χ0n) is 9.49. The van der Waals surface area contributed by atoms with Crippen LogP contribution >= 0.6 is 0 Å². The number of benzene rings is 1. The second kappa shape index (κ2) is 4.33. The Hall–Kier alpha value is -0.860. The first-order valence-corrected chi connectivity index (χ1v) is 5.59. The summed E-state index contributed by atoms with van der Waals surface area (Å²) in [6, 6.07) is 10.4. The van der Waals surface area contributed by atoms with E-state index in [0.29, 0.717) is 0 Å². The van der Waals surface area contributed by atoms with Gasteiger partial charge in [0.15, 0.2) is 0 Å². The summed E-state index contributed by atoms with van der Waals surface area (Å²) in [5, 5.41) is 3.54. The summed E-state index contributed by atoms with van der Waals surface area (Å²) in [6.07, 6.45) is 1.27. The first kappa shape index (κ1) is 10.7. The second-order valence-electron chi connectivity index (χ2n) is 4.78. The minimum atomic E-state index is 0.198. The molecule has 1 aliphatic rings. The predicted molar refractivity (Wildman–Crippen MR) is 61.8 cm³/mol. The van der Waals surface area contributed by atoms with Gasteiger partial charge in [-0.15, -0.1) is 0 Å². The summed E-state index contributed by atoms with van der Waals surface area (Å²) in [7, 11) is 0. The number of ether oxygens (including phenoxy) is 1. The van der Waals surface area contributed by atoms with Crippen molar-refractivity contribution in [3.63, 3.8) is 0 Å². The van der Waals surface area contributed by atoms with Gasteiger partial charge in [0, 0.05) is 18.7 Å². The summed E-state index contributed by atoms with van der Waals surface area (Å²) >= 11 is 0. The Labute approximate surface area is 91.6 Å². The van der Waals surface area contributed by atoms with E-state index in [1.54, 1.807) is 0 Å². The van der Waals surface area contributed by atoms with Gasteiger partial charge in [0.1, 0.15) is 0 Å². The first-order valence-electron chi connectivity index (χ1n) is 5.59. The summed E-state index contributed by atoms with van der Waals surface area (Å²) in [5.74, 6) is 0. The molecular weight excluding hydrogens is 186 g/mol. The highest BCUT2D eigenvalue weighted by atomic mass is 16.5. The molecular formula is C13H19NO. The van der Waals surface area contributed by atoms with Gasteiger partial charge >= 0.3 is 0 Å². The molecule has 0 radical (unpaired) electrons. The molecule has 0 amide bonds. The third kappa shape index (κ3) is 2.80. The average molecular weight is 205 g/mol. The predicted octanol–water partition coefficient (Wildman–Crippen LogP) is 2.52. The van der Waals surface area contributed by atoms with Gasteiger partial charge in [-0.1, -0.05) is 30.3 Å².